The van der Waals surface area contributed by atoms with Crippen LogP contribution in [0.3, 0.4) is 0 Å². The Bertz CT molecular complexity index is 937. The Morgan fingerprint density at radius 3 is 2.35 bits per heavy atom. The smallest absolute Gasteiger partial charge is 0.340 e. The first kappa shape index (κ1) is 18.2. The number of carbonyl (C=O) groups excluding carboxylic acids is 1. The van der Waals surface area contributed by atoms with E-state index in [0.717, 1.165) is 0 Å². The van der Waals surface area contributed by atoms with Gasteiger partial charge in [-0.25, -0.2) is 13.2 Å². The topological polar surface area (TPSA) is 124 Å². The number of carboxylic acid groups (broad SMARTS) is 1. The van der Waals surface area contributed by atoms with Crippen LogP contribution >= 0.6 is 0 Å². The minimum atomic E-state index is -4.04. The van der Waals surface area contributed by atoms with E-state index in [1.54, 1.807) is 23.2 Å². The van der Waals surface area contributed by atoms with Gasteiger partial charge >= 0.3 is 5.97 Å². The van der Waals surface area contributed by atoms with Crippen LogP contribution in [-0.2, 0) is 10.0 Å². The molecule has 0 saturated carbocycles. The van der Waals surface area contributed by atoms with Crippen molar-refractivity contribution in [3.05, 3.63) is 41.1 Å². The summed E-state index contributed by atoms with van der Waals surface area (Å²) >= 11 is 0. The Hall–Kier alpha value is -2.59. The number of aromatic nitrogens is 1. The van der Waals surface area contributed by atoms with E-state index in [1.165, 1.54) is 18.2 Å². The summed E-state index contributed by atoms with van der Waals surface area (Å²) in [5, 5.41) is 9.34. The van der Waals surface area contributed by atoms with E-state index in [-0.39, 0.29) is 54.1 Å². The summed E-state index contributed by atoms with van der Waals surface area (Å²) < 4.78 is 32.3. The van der Waals surface area contributed by atoms with Crippen LogP contribution in [0.4, 0.5) is 0 Å². The van der Waals surface area contributed by atoms with Crippen LogP contribution in [-0.4, -0.2) is 65.8 Å². The lowest BCUT2D eigenvalue weighted by Gasteiger charge is -2.33. The number of carbonyl (C=O) groups is 2. The molecule has 1 saturated heterocycles. The van der Waals surface area contributed by atoms with Crippen LogP contribution in [0, 0.1) is 13.8 Å². The first-order chi connectivity index (χ1) is 12.2. The Kier molecular flexibility index (Phi) is 4.63. The quantitative estimate of drug-likeness (QED) is 0.816. The van der Waals surface area contributed by atoms with Crippen LogP contribution < -0.4 is 0 Å². The second kappa shape index (κ2) is 6.61. The van der Waals surface area contributed by atoms with Gasteiger partial charge in [-0.15, -0.1) is 0 Å². The molecular weight excluding hydrogens is 362 g/mol. The number of carboxylic acids is 1. The predicted molar refractivity (Wildman–Crippen MR) is 90.6 cm³/mol. The van der Waals surface area contributed by atoms with Crippen molar-refractivity contribution in [2.75, 3.05) is 26.2 Å². The van der Waals surface area contributed by atoms with Crippen LogP contribution in [0.25, 0.3) is 0 Å². The van der Waals surface area contributed by atoms with Crippen LogP contribution in [0.15, 0.2) is 27.6 Å². The standard InChI is InChI=1S/C16H19N3O6S/c1-10-13(16(21)22)14(11(2)25-10)26(23,24)19-8-6-18(7-9-19)15(20)12-4-3-5-17-12/h3-5,17H,6-9H2,1-2H3,(H,21,22). The fourth-order valence-corrected chi connectivity index (χ4v) is 4.91. The van der Waals surface area contributed by atoms with Gasteiger partial charge in [0.1, 0.15) is 27.7 Å². The Morgan fingerprint density at radius 2 is 1.81 bits per heavy atom. The highest BCUT2D eigenvalue weighted by Crippen LogP contribution is 2.30. The number of aromatic amines is 1. The average molecular weight is 381 g/mol. The van der Waals surface area contributed by atoms with Crippen molar-refractivity contribution < 1.29 is 27.5 Å². The zero-order valence-electron chi connectivity index (χ0n) is 14.4. The molecule has 26 heavy (non-hydrogen) atoms. The predicted octanol–water partition coefficient (Wildman–Crippen LogP) is 1.07. The van der Waals surface area contributed by atoms with Gasteiger partial charge in [-0.3, -0.25) is 4.79 Å². The fraction of sp³-hybridized carbons (Fsp3) is 0.375. The van der Waals surface area contributed by atoms with Gasteiger partial charge in [-0.2, -0.15) is 4.31 Å². The monoisotopic (exact) mass is 381 g/mol. The van der Waals surface area contributed by atoms with E-state index in [0.29, 0.717) is 5.69 Å². The van der Waals surface area contributed by atoms with E-state index in [2.05, 4.69) is 4.98 Å². The number of hydrogen-bond donors (Lipinski definition) is 2. The molecule has 0 bridgehead atoms. The lowest BCUT2D eigenvalue weighted by Crippen LogP contribution is -2.50. The second-order valence-electron chi connectivity index (χ2n) is 6.00. The molecule has 1 aliphatic heterocycles. The summed E-state index contributed by atoms with van der Waals surface area (Å²) in [5.74, 6) is -1.45. The highest BCUT2D eigenvalue weighted by Gasteiger charge is 2.37. The highest BCUT2D eigenvalue weighted by atomic mass is 32.2. The number of aromatic carboxylic acids is 1. The highest BCUT2D eigenvalue weighted by molar-refractivity contribution is 7.89. The molecule has 9 nitrogen and oxygen atoms in total. The van der Waals surface area contributed by atoms with Gasteiger partial charge in [0.2, 0.25) is 10.0 Å². The molecule has 140 valence electrons. The summed E-state index contributed by atoms with van der Waals surface area (Å²) in [5.41, 5.74) is 0.100. The summed E-state index contributed by atoms with van der Waals surface area (Å²) in [6.07, 6.45) is 1.64. The minimum absolute atomic E-state index is 0.0461. The first-order valence-electron chi connectivity index (χ1n) is 7.99. The molecule has 0 aromatic carbocycles. The third kappa shape index (κ3) is 3.01. The Labute approximate surface area is 150 Å². The van der Waals surface area contributed by atoms with Gasteiger partial charge in [0.05, 0.1) is 0 Å². The van der Waals surface area contributed by atoms with Crippen LogP contribution in [0.5, 0.6) is 0 Å². The molecule has 1 fully saturated rings. The van der Waals surface area contributed by atoms with E-state index in [9.17, 15) is 23.1 Å². The normalized spacial score (nSPS) is 16.0. The number of piperazine rings is 1. The summed E-state index contributed by atoms with van der Waals surface area (Å²) in [6.45, 7) is 3.44. The molecule has 0 unspecified atom stereocenters. The third-order valence-electron chi connectivity index (χ3n) is 4.37. The average Bonchev–Trinajstić information content (AvgIpc) is 3.22. The molecule has 3 rings (SSSR count). The van der Waals surface area contributed by atoms with E-state index in [4.69, 9.17) is 4.42 Å². The first-order valence-corrected chi connectivity index (χ1v) is 9.43. The number of nitrogens with zero attached hydrogens (tertiary/aromatic N) is 2. The van der Waals surface area contributed by atoms with E-state index < -0.39 is 16.0 Å². The number of furan rings is 1. The third-order valence-corrected chi connectivity index (χ3v) is 6.42. The van der Waals surface area contributed by atoms with Crippen molar-refractivity contribution in [3.63, 3.8) is 0 Å². The molecule has 0 radical (unpaired) electrons. The van der Waals surface area contributed by atoms with Crippen molar-refractivity contribution in [2.45, 2.75) is 18.7 Å². The van der Waals surface area contributed by atoms with Gasteiger partial charge in [0.15, 0.2) is 0 Å². The maximum Gasteiger partial charge on any atom is 0.340 e. The largest absolute Gasteiger partial charge is 0.478 e. The molecule has 10 heteroatoms. The number of nitrogens with one attached hydrogen (secondary N) is 1. The lowest BCUT2D eigenvalue weighted by atomic mass is 10.2. The molecule has 1 aliphatic rings. The number of H-pyrrole nitrogens is 1. The molecular formula is C16H19N3O6S. The summed E-state index contributed by atoms with van der Waals surface area (Å²) in [6, 6.07) is 3.37. The van der Waals surface area contributed by atoms with Gasteiger partial charge in [0.25, 0.3) is 5.91 Å². The van der Waals surface area contributed by atoms with Crippen molar-refractivity contribution in [1.29, 1.82) is 0 Å². The molecule has 1 amide bonds. The van der Waals surface area contributed by atoms with Crippen LogP contribution in [0.1, 0.15) is 32.4 Å². The van der Waals surface area contributed by atoms with E-state index in [1.807, 2.05) is 0 Å². The zero-order chi connectivity index (χ0) is 19.1. The van der Waals surface area contributed by atoms with Gasteiger partial charge in [-0.1, -0.05) is 0 Å². The molecule has 0 spiro atoms. The fourth-order valence-electron chi connectivity index (χ4n) is 3.12. The molecule has 2 aromatic heterocycles. The molecule has 3 heterocycles. The number of hydrogen-bond acceptors (Lipinski definition) is 5. The van der Waals surface area contributed by atoms with Crippen molar-refractivity contribution in [2.24, 2.45) is 0 Å². The SMILES string of the molecule is Cc1oc(C)c(S(=O)(=O)N2CCN(C(=O)c3ccc[nH]3)CC2)c1C(=O)O. The molecule has 0 aliphatic carbocycles. The van der Waals surface area contributed by atoms with Gasteiger partial charge in [-0.05, 0) is 26.0 Å². The lowest BCUT2D eigenvalue weighted by molar-refractivity contribution is 0.0688. The Morgan fingerprint density at radius 1 is 1.15 bits per heavy atom. The molecule has 0 atom stereocenters. The zero-order valence-corrected chi connectivity index (χ0v) is 15.2. The van der Waals surface area contributed by atoms with Crippen molar-refractivity contribution in [1.82, 2.24) is 14.2 Å². The summed E-state index contributed by atoms with van der Waals surface area (Å²) in [4.78, 5) is 27.9. The van der Waals surface area contributed by atoms with Gasteiger partial charge < -0.3 is 19.4 Å². The van der Waals surface area contributed by atoms with Crippen LogP contribution in [0.2, 0.25) is 0 Å². The maximum absolute atomic E-state index is 12.9. The van der Waals surface area contributed by atoms with Crippen molar-refractivity contribution in [3.8, 4) is 0 Å². The summed E-state index contributed by atoms with van der Waals surface area (Å²) in [7, 11) is -4.04. The minimum Gasteiger partial charge on any atom is -0.478 e. The van der Waals surface area contributed by atoms with Gasteiger partial charge in [0, 0.05) is 32.4 Å². The van der Waals surface area contributed by atoms with E-state index >= 15 is 0 Å². The number of sulfonamides is 1. The Balaban J connectivity index is 1.81. The molecule has 2 N–H and O–H groups in total. The second-order valence-corrected chi connectivity index (χ2v) is 7.88. The number of aryl methyl sites for hydroxylation is 2. The number of amides is 1. The van der Waals surface area contributed by atoms with Crippen molar-refractivity contribution >= 4 is 21.9 Å². The number of rotatable bonds is 4. The maximum atomic E-state index is 12.9. The molecule has 2 aromatic rings.